The van der Waals surface area contributed by atoms with Crippen molar-refractivity contribution in [2.45, 2.75) is 43.8 Å². The van der Waals surface area contributed by atoms with Crippen molar-refractivity contribution < 1.29 is 24.0 Å². The Balaban J connectivity index is 1.54. The number of benzene rings is 2. The maximum atomic E-state index is 13.7. The Hall–Kier alpha value is -3.39. The fraction of sp³-hybridized carbons (Fsp3) is 0.464. The van der Waals surface area contributed by atoms with E-state index in [0.29, 0.717) is 13.0 Å². The number of fused-ring (bicyclic) bond motifs is 1. The second-order valence-electron chi connectivity index (χ2n) is 10.9. The quantitative estimate of drug-likeness (QED) is 0.368. The molecule has 192 valence electrons. The molecule has 8 nitrogen and oxygen atoms in total. The number of rotatable bonds is 9. The smallest absolute Gasteiger partial charge is 0.246 e. The first-order valence-electron chi connectivity index (χ1n) is 12.7. The van der Waals surface area contributed by atoms with Gasteiger partial charge < -0.3 is 25.1 Å². The zero-order valence-electron chi connectivity index (χ0n) is 21.3. The van der Waals surface area contributed by atoms with Gasteiger partial charge in [0.15, 0.2) is 0 Å². The van der Waals surface area contributed by atoms with Gasteiger partial charge in [0.05, 0.1) is 39.6 Å². The predicted molar refractivity (Wildman–Crippen MR) is 137 cm³/mol. The summed E-state index contributed by atoms with van der Waals surface area (Å²) in [5, 5.41) is 15.8. The number of quaternary nitrogens is 1. The summed E-state index contributed by atoms with van der Waals surface area (Å²) in [5.74, 6) is -0.996. The van der Waals surface area contributed by atoms with Crippen LogP contribution in [-0.4, -0.2) is 78.5 Å². The summed E-state index contributed by atoms with van der Waals surface area (Å²) in [6, 6.07) is 14.2. The first-order valence-corrected chi connectivity index (χ1v) is 12.7. The van der Waals surface area contributed by atoms with Gasteiger partial charge >= 0.3 is 0 Å². The second kappa shape index (κ2) is 10.7. The van der Waals surface area contributed by atoms with Gasteiger partial charge in [-0.05, 0) is 42.5 Å². The summed E-state index contributed by atoms with van der Waals surface area (Å²) in [6.07, 6.45) is 2.52. The van der Waals surface area contributed by atoms with E-state index in [2.05, 4.69) is 31.8 Å². The molecule has 4 atom stereocenters. The summed E-state index contributed by atoms with van der Waals surface area (Å²) in [7, 11) is 6.42. The van der Waals surface area contributed by atoms with Crippen LogP contribution in [0.15, 0.2) is 54.6 Å². The molecule has 3 amide bonds. The van der Waals surface area contributed by atoms with Crippen LogP contribution in [0.4, 0.5) is 0 Å². The molecule has 0 unspecified atom stereocenters. The molecule has 2 aliphatic rings. The molecule has 8 heteroatoms. The lowest BCUT2D eigenvalue weighted by atomic mass is 9.92. The van der Waals surface area contributed by atoms with Gasteiger partial charge in [-0.3, -0.25) is 14.4 Å². The maximum absolute atomic E-state index is 13.7. The third kappa shape index (κ3) is 5.87. The number of phenols is 1. The van der Waals surface area contributed by atoms with Crippen LogP contribution in [0, 0.1) is 5.92 Å². The summed E-state index contributed by atoms with van der Waals surface area (Å²) < 4.78 is 0.873. The van der Waals surface area contributed by atoms with E-state index >= 15 is 0 Å². The number of carbonyl (C=O) groups excluding carboxylic acids is 3. The molecule has 4 rings (SSSR count). The molecule has 2 fully saturated rings. The van der Waals surface area contributed by atoms with Crippen LogP contribution in [-0.2, 0) is 20.8 Å². The summed E-state index contributed by atoms with van der Waals surface area (Å²) >= 11 is 0. The highest BCUT2D eigenvalue weighted by molar-refractivity contribution is 5.99. The standard InChI is InChI=1S/C28H36N4O4/c1-32(2,3)16-8-7-15-29-26(34)22-18-24-27(35)30-23(17-19-9-5-4-6-10-19)28(36)31(24)25(22)20-11-13-21(33)14-12-20/h4-6,9-14,22-25H,7-8,15-18H2,1-3H3,(H2-,29,30,33,34,35)/p+1/t22-,23-,24-,25-/m0/s1. The van der Waals surface area contributed by atoms with E-state index in [9.17, 15) is 19.5 Å². The van der Waals surface area contributed by atoms with Gasteiger partial charge in [-0.1, -0.05) is 42.5 Å². The topological polar surface area (TPSA) is 98.7 Å². The van der Waals surface area contributed by atoms with Crippen molar-refractivity contribution in [2.75, 3.05) is 34.2 Å². The van der Waals surface area contributed by atoms with E-state index in [-0.39, 0.29) is 29.9 Å². The van der Waals surface area contributed by atoms with Crippen LogP contribution in [0.2, 0.25) is 0 Å². The summed E-state index contributed by atoms with van der Waals surface area (Å²) in [6.45, 7) is 1.57. The van der Waals surface area contributed by atoms with Gasteiger partial charge in [0.1, 0.15) is 17.8 Å². The molecular formula is C28H37N4O4+. The Kier molecular flexibility index (Phi) is 7.64. The highest BCUT2D eigenvalue weighted by Gasteiger charge is 2.54. The van der Waals surface area contributed by atoms with Gasteiger partial charge in [0, 0.05) is 13.0 Å². The molecule has 2 saturated heterocycles. The predicted octanol–water partition coefficient (Wildman–Crippen LogP) is 1.99. The molecule has 0 radical (unpaired) electrons. The number of hydrogen-bond acceptors (Lipinski definition) is 4. The number of amides is 3. The highest BCUT2D eigenvalue weighted by atomic mass is 16.3. The lowest BCUT2D eigenvalue weighted by Crippen LogP contribution is -2.62. The summed E-state index contributed by atoms with van der Waals surface area (Å²) in [4.78, 5) is 41.8. The largest absolute Gasteiger partial charge is 0.508 e. The Bertz CT molecular complexity index is 1080. The van der Waals surface area contributed by atoms with Crippen LogP contribution in [0.1, 0.15) is 36.4 Å². The van der Waals surface area contributed by atoms with E-state index in [4.69, 9.17) is 0 Å². The zero-order valence-corrected chi connectivity index (χ0v) is 21.3. The molecule has 3 N–H and O–H groups in total. The van der Waals surface area contributed by atoms with Crippen molar-refractivity contribution in [1.82, 2.24) is 15.5 Å². The van der Waals surface area contributed by atoms with Gasteiger partial charge in [0.2, 0.25) is 17.7 Å². The normalized spacial score (nSPS) is 23.8. The lowest BCUT2D eigenvalue weighted by molar-refractivity contribution is -0.870. The average Bonchev–Trinajstić information content (AvgIpc) is 3.24. The number of nitrogens with zero attached hydrogens (tertiary/aromatic N) is 2. The van der Waals surface area contributed by atoms with Crippen molar-refractivity contribution in [2.24, 2.45) is 5.92 Å². The van der Waals surface area contributed by atoms with E-state index in [0.717, 1.165) is 35.0 Å². The number of unbranched alkanes of at least 4 members (excludes halogenated alkanes) is 1. The van der Waals surface area contributed by atoms with Gasteiger partial charge in [-0.25, -0.2) is 0 Å². The van der Waals surface area contributed by atoms with Crippen molar-refractivity contribution in [3.8, 4) is 5.75 Å². The average molecular weight is 494 g/mol. The molecule has 0 aromatic heterocycles. The van der Waals surface area contributed by atoms with Crippen molar-refractivity contribution in [3.63, 3.8) is 0 Å². The van der Waals surface area contributed by atoms with Crippen molar-refractivity contribution in [3.05, 3.63) is 65.7 Å². The first-order chi connectivity index (χ1) is 17.1. The van der Waals surface area contributed by atoms with Crippen LogP contribution in [0.5, 0.6) is 5.75 Å². The minimum Gasteiger partial charge on any atom is -0.508 e. The molecule has 0 spiro atoms. The Morgan fingerprint density at radius 3 is 2.42 bits per heavy atom. The number of carbonyl (C=O) groups is 3. The molecule has 2 aromatic carbocycles. The lowest BCUT2D eigenvalue weighted by Gasteiger charge is -2.38. The van der Waals surface area contributed by atoms with Crippen LogP contribution >= 0.6 is 0 Å². The van der Waals surface area contributed by atoms with E-state index in [1.807, 2.05) is 30.3 Å². The maximum Gasteiger partial charge on any atom is 0.246 e. The Morgan fingerprint density at radius 1 is 1.06 bits per heavy atom. The number of piperazine rings is 1. The third-order valence-corrected chi connectivity index (χ3v) is 7.07. The summed E-state index contributed by atoms with van der Waals surface area (Å²) in [5.41, 5.74) is 1.69. The molecule has 0 saturated carbocycles. The van der Waals surface area contributed by atoms with Gasteiger partial charge in [-0.15, -0.1) is 0 Å². The Morgan fingerprint density at radius 2 is 1.75 bits per heavy atom. The van der Waals surface area contributed by atoms with Crippen LogP contribution in [0.3, 0.4) is 0 Å². The molecule has 2 aliphatic heterocycles. The number of nitrogens with one attached hydrogen (secondary N) is 2. The molecule has 0 aliphatic carbocycles. The first kappa shape index (κ1) is 25.7. The monoisotopic (exact) mass is 493 g/mol. The molecule has 36 heavy (non-hydrogen) atoms. The molecular weight excluding hydrogens is 456 g/mol. The van der Waals surface area contributed by atoms with Gasteiger partial charge in [0.25, 0.3) is 0 Å². The third-order valence-electron chi connectivity index (χ3n) is 7.07. The van der Waals surface area contributed by atoms with Crippen LogP contribution < -0.4 is 10.6 Å². The number of aromatic hydroxyl groups is 1. The highest BCUT2D eigenvalue weighted by Crippen LogP contribution is 2.43. The second-order valence-corrected chi connectivity index (χ2v) is 10.9. The van der Waals surface area contributed by atoms with Crippen molar-refractivity contribution in [1.29, 1.82) is 0 Å². The van der Waals surface area contributed by atoms with Crippen LogP contribution in [0.25, 0.3) is 0 Å². The fourth-order valence-electron chi connectivity index (χ4n) is 5.26. The SMILES string of the molecule is C[N+](C)(C)CCCCNC(=O)[C@H]1C[C@H]2C(=O)N[C@@H](Cc3ccccc3)C(=O)N2[C@H]1c1ccc(O)cc1. The van der Waals surface area contributed by atoms with Crippen molar-refractivity contribution >= 4 is 17.7 Å². The van der Waals surface area contributed by atoms with Gasteiger partial charge in [-0.2, -0.15) is 0 Å². The fourth-order valence-corrected chi connectivity index (χ4v) is 5.26. The minimum absolute atomic E-state index is 0.108. The number of hydrogen-bond donors (Lipinski definition) is 3. The Labute approximate surface area is 212 Å². The minimum atomic E-state index is -0.697. The molecule has 2 aromatic rings. The molecule has 0 bridgehead atoms. The van der Waals surface area contributed by atoms with E-state index < -0.39 is 24.0 Å². The number of phenolic OH excluding ortho intramolecular Hbond substituents is 1. The zero-order chi connectivity index (χ0) is 25.9. The van der Waals surface area contributed by atoms with E-state index in [1.54, 1.807) is 29.2 Å². The molecule has 2 heterocycles. The van der Waals surface area contributed by atoms with E-state index in [1.165, 1.54) is 0 Å².